The maximum atomic E-state index is 12.1. The van der Waals surface area contributed by atoms with E-state index in [0.29, 0.717) is 13.0 Å². The highest BCUT2D eigenvalue weighted by atomic mass is 16.5. The summed E-state index contributed by atoms with van der Waals surface area (Å²) in [4.78, 5) is 14.0. The van der Waals surface area contributed by atoms with Crippen molar-refractivity contribution in [2.24, 2.45) is 0 Å². The Bertz CT molecular complexity index is 452. The summed E-state index contributed by atoms with van der Waals surface area (Å²) in [5.41, 5.74) is 2.35. The van der Waals surface area contributed by atoms with E-state index < -0.39 is 0 Å². The van der Waals surface area contributed by atoms with E-state index in [1.54, 1.807) is 0 Å². The number of ether oxygens (including phenoxy) is 1. The van der Waals surface area contributed by atoms with E-state index in [4.69, 9.17) is 4.74 Å². The number of carbonyl (C=O) groups excluding carboxylic acids is 1. The smallest absolute Gasteiger partial charge is 0.226 e. The van der Waals surface area contributed by atoms with Gasteiger partial charge in [-0.1, -0.05) is 17.7 Å². The largest absolute Gasteiger partial charge is 0.493 e. The average molecular weight is 276 g/mol. The maximum absolute atomic E-state index is 12.1. The lowest BCUT2D eigenvalue weighted by atomic mass is 10.1. The SMILES string of the molecule is Cc1ccc(OCCC(=O)N2CCCNCC2)c(C)c1. The summed E-state index contributed by atoms with van der Waals surface area (Å²) in [7, 11) is 0. The first kappa shape index (κ1) is 14.9. The molecule has 0 radical (unpaired) electrons. The molecule has 1 aromatic rings. The fourth-order valence-corrected chi connectivity index (χ4v) is 2.46. The van der Waals surface area contributed by atoms with Crippen molar-refractivity contribution in [3.05, 3.63) is 29.3 Å². The fraction of sp³-hybridized carbons (Fsp3) is 0.562. The minimum absolute atomic E-state index is 0.193. The molecular formula is C16H24N2O2. The Labute approximate surface area is 121 Å². The lowest BCUT2D eigenvalue weighted by Crippen LogP contribution is -2.34. The topological polar surface area (TPSA) is 41.6 Å². The Morgan fingerprint density at radius 3 is 2.95 bits per heavy atom. The van der Waals surface area contributed by atoms with Crippen molar-refractivity contribution in [1.29, 1.82) is 0 Å². The number of aryl methyl sites for hydroxylation is 2. The van der Waals surface area contributed by atoms with Gasteiger partial charge in [0.05, 0.1) is 13.0 Å². The van der Waals surface area contributed by atoms with Gasteiger partial charge in [-0.15, -0.1) is 0 Å². The molecule has 0 unspecified atom stereocenters. The number of hydrogen-bond acceptors (Lipinski definition) is 3. The van der Waals surface area contributed by atoms with Crippen LogP contribution in [0.1, 0.15) is 24.0 Å². The maximum Gasteiger partial charge on any atom is 0.226 e. The normalized spacial score (nSPS) is 15.8. The molecule has 1 fully saturated rings. The Morgan fingerprint density at radius 2 is 2.15 bits per heavy atom. The van der Waals surface area contributed by atoms with Crippen LogP contribution in [0.3, 0.4) is 0 Å². The summed E-state index contributed by atoms with van der Waals surface area (Å²) >= 11 is 0. The van der Waals surface area contributed by atoms with Crippen molar-refractivity contribution < 1.29 is 9.53 Å². The third kappa shape index (κ3) is 4.23. The molecule has 20 heavy (non-hydrogen) atoms. The molecule has 1 heterocycles. The second-order valence-electron chi connectivity index (χ2n) is 5.35. The number of rotatable bonds is 4. The average Bonchev–Trinajstić information content (AvgIpc) is 2.70. The first-order valence-corrected chi connectivity index (χ1v) is 7.35. The molecule has 110 valence electrons. The lowest BCUT2D eigenvalue weighted by molar-refractivity contribution is -0.131. The fourth-order valence-electron chi connectivity index (χ4n) is 2.46. The van der Waals surface area contributed by atoms with Crippen LogP contribution < -0.4 is 10.1 Å². The molecule has 4 nitrogen and oxygen atoms in total. The summed E-state index contributed by atoms with van der Waals surface area (Å²) in [5, 5.41) is 3.30. The molecule has 1 aliphatic heterocycles. The first-order valence-electron chi connectivity index (χ1n) is 7.35. The van der Waals surface area contributed by atoms with Gasteiger partial charge in [0.1, 0.15) is 5.75 Å². The van der Waals surface area contributed by atoms with E-state index in [-0.39, 0.29) is 5.91 Å². The summed E-state index contributed by atoms with van der Waals surface area (Å²) in [6.07, 6.45) is 1.48. The summed E-state index contributed by atoms with van der Waals surface area (Å²) in [6, 6.07) is 6.10. The van der Waals surface area contributed by atoms with Crippen LogP contribution in [0.15, 0.2) is 18.2 Å². The lowest BCUT2D eigenvalue weighted by Gasteiger charge is -2.20. The number of nitrogens with one attached hydrogen (secondary N) is 1. The molecule has 1 N–H and O–H groups in total. The highest BCUT2D eigenvalue weighted by Gasteiger charge is 2.15. The zero-order valence-corrected chi connectivity index (χ0v) is 12.4. The quantitative estimate of drug-likeness (QED) is 0.913. The van der Waals surface area contributed by atoms with E-state index in [9.17, 15) is 4.79 Å². The minimum Gasteiger partial charge on any atom is -0.493 e. The molecule has 0 atom stereocenters. The number of carbonyl (C=O) groups is 1. The summed E-state index contributed by atoms with van der Waals surface area (Å²) < 4.78 is 5.72. The molecule has 2 rings (SSSR count). The van der Waals surface area contributed by atoms with Crippen LogP contribution in [0.2, 0.25) is 0 Å². The van der Waals surface area contributed by atoms with E-state index >= 15 is 0 Å². The van der Waals surface area contributed by atoms with Crippen LogP contribution in [-0.2, 0) is 4.79 Å². The molecule has 1 aromatic carbocycles. The van der Waals surface area contributed by atoms with Crippen LogP contribution in [-0.4, -0.2) is 43.6 Å². The van der Waals surface area contributed by atoms with Gasteiger partial charge in [0.2, 0.25) is 5.91 Å². The molecule has 0 aromatic heterocycles. The zero-order chi connectivity index (χ0) is 14.4. The Morgan fingerprint density at radius 1 is 1.30 bits per heavy atom. The van der Waals surface area contributed by atoms with Crippen LogP contribution in [0.5, 0.6) is 5.75 Å². The molecule has 0 bridgehead atoms. The number of hydrogen-bond donors (Lipinski definition) is 1. The summed E-state index contributed by atoms with van der Waals surface area (Å²) in [6.45, 7) is 8.11. The third-order valence-electron chi connectivity index (χ3n) is 3.60. The van der Waals surface area contributed by atoms with Crippen LogP contribution >= 0.6 is 0 Å². The predicted molar refractivity (Wildman–Crippen MR) is 80.1 cm³/mol. The number of nitrogens with zero attached hydrogens (tertiary/aromatic N) is 1. The molecule has 0 aliphatic carbocycles. The van der Waals surface area contributed by atoms with Crippen LogP contribution in [0, 0.1) is 13.8 Å². The van der Waals surface area contributed by atoms with Gasteiger partial charge in [0, 0.05) is 19.6 Å². The first-order chi connectivity index (χ1) is 9.66. The van der Waals surface area contributed by atoms with Gasteiger partial charge in [-0.2, -0.15) is 0 Å². The van der Waals surface area contributed by atoms with Gasteiger partial charge in [-0.05, 0) is 38.4 Å². The van der Waals surface area contributed by atoms with E-state index in [1.165, 1.54) is 5.56 Å². The molecule has 4 heteroatoms. The van der Waals surface area contributed by atoms with Crippen molar-refractivity contribution in [3.63, 3.8) is 0 Å². The van der Waals surface area contributed by atoms with Gasteiger partial charge in [-0.25, -0.2) is 0 Å². The molecule has 1 amide bonds. The van der Waals surface area contributed by atoms with Gasteiger partial charge < -0.3 is 15.0 Å². The van der Waals surface area contributed by atoms with Crippen molar-refractivity contribution in [3.8, 4) is 5.75 Å². The van der Waals surface area contributed by atoms with E-state index in [1.807, 2.05) is 24.0 Å². The Hall–Kier alpha value is -1.55. The zero-order valence-electron chi connectivity index (χ0n) is 12.4. The van der Waals surface area contributed by atoms with Crippen molar-refractivity contribution >= 4 is 5.91 Å². The molecular weight excluding hydrogens is 252 g/mol. The van der Waals surface area contributed by atoms with Crippen molar-refractivity contribution in [2.75, 3.05) is 32.8 Å². The highest BCUT2D eigenvalue weighted by Crippen LogP contribution is 2.18. The molecule has 1 aliphatic rings. The third-order valence-corrected chi connectivity index (χ3v) is 3.60. The Kier molecular flexibility index (Phi) is 5.41. The van der Waals surface area contributed by atoms with Crippen molar-refractivity contribution in [1.82, 2.24) is 10.2 Å². The molecule has 0 saturated carbocycles. The van der Waals surface area contributed by atoms with Crippen LogP contribution in [0.25, 0.3) is 0 Å². The Balaban J connectivity index is 1.78. The monoisotopic (exact) mass is 276 g/mol. The van der Waals surface area contributed by atoms with Gasteiger partial charge in [0.25, 0.3) is 0 Å². The second kappa shape index (κ2) is 7.29. The number of benzene rings is 1. The standard InChI is InChI=1S/C16H24N2O2/c1-13-4-5-15(14(2)12-13)20-11-6-16(19)18-9-3-7-17-8-10-18/h4-5,12,17H,3,6-11H2,1-2H3. The minimum atomic E-state index is 0.193. The van der Waals surface area contributed by atoms with E-state index in [2.05, 4.69) is 18.3 Å². The van der Waals surface area contributed by atoms with Gasteiger partial charge in [-0.3, -0.25) is 4.79 Å². The van der Waals surface area contributed by atoms with Gasteiger partial charge in [0.15, 0.2) is 0 Å². The highest BCUT2D eigenvalue weighted by molar-refractivity contribution is 5.76. The van der Waals surface area contributed by atoms with E-state index in [0.717, 1.165) is 43.9 Å². The van der Waals surface area contributed by atoms with Gasteiger partial charge >= 0.3 is 0 Å². The van der Waals surface area contributed by atoms with Crippen molar-refractivity contribution in [2.45, 2.75) is 26.7 Å². The predicted octanol–water partition coefficient (Wildman–Crippen LogP) is 1.89. The second-order valence-corrected chi connectivity index (χ2v) is 5.35. The van der Waals surface area contributed by atoms with Crippen LogP contribution in [0.4, 0.5) is 0 Å². The summed E-state index contributed by atoms with van der Waals surface area (Å²) in [5.74, 6) is 1.07. The molecule has 0 spiro atoms. The number of amides is 1. The molecule has 1 saturated heterocycles.